The molecule has 105 valence electrons. The molecule has 1 radical (unpaired) electrons. The summed E-state index contributed by atoms with van der Waals surface area (Å²) in [5.74, 6) is 0. The van der Waals surface area contributed by atoms with Gasteiger partial charge in [0.25, 0.3) is 0 Å². The zero-order chi connectivity index (χ0) is 14.8. The van der Waals surface area contributed by atoms with E-state index in [0.717, 1.165) is 11.8 Å². The predicted molar refractivity (Wildman–Crippen MR) is 76.0 cm³/mol. The molecule has 0 aliphatic heterocycles. The van der Waals surface area contributed by atoms with Crippen LogP contribution in [0.5, 0.6) is 0 Å². The highest BCUT2D eigenvalue weighted by atomic mass is 32.2. The van der Waals surface area contributed by atoms with Crippen LogP contribution in [0.15, 0.2) is 58.3 Å². The maximum Gasteiger partial charge on any atom is 0.222 e. The SMILES string of the molecule is CS(=O)(=O)c1c(Cc2ccccc2)cccc1[S](=O)=O. The monoisotopic (exact) mass is 309 g/mol. The Morgan fingerprint density at radius 3 is 2.15 bits per heavy atom. The molecule has 0 spiro atoms. The zero-order valence-electron chi connectivity index (χ0n) is 10.8. The molecule has 2 aromatic rings. The molecule has 0 heterocycles. The van der Waals surface area contributed by atoms with Crippen LogP contribution in [-0.2, 0) is 27.0 Å². The van der Waals surface area contributed by atoms with Crippen LogP contribution in [0.4, 0.5) is 0 Å². The quantitative estimate of drug-likeness (QED) is 0.865. The lowest BCUT2D eigenvalue weighted by molar-refractivity contribution is 0.592. The Balaban J connectivity index is 2.62. The second kappa shape index (κ2) is 5.68. The van der Waals surface area contributed by atoms with Crippen molar-refractivity contribution in [3.8, 4) is 0 Å². The van der Waals surface area contributed by atoms with Gasteiger partial charge in [-0.1, -0.05) is 42.5 Å². The zero-order valence-corrected chi connectivity index (χ0v) is 12.4. The second-order valence-corrected chi connectivity index (χ2v) is 7.28. The van der Waals surface area contributed by atoms with Crippen LogP contribution < -0.4 is 0 Å². The largest absolute Gasteiger partial charge is 0.224 e. The van der Waals surface area contributed by atoms with Crippen molar-refractivity contribution in [3.05, 3.63) is 59.7 Å². The highest BCUT2D eigenvalue weighted by Crippen LogP contribution is 2.24. The number of hydrogen-bond donors (Lipinski definition) is 0. The van der Waals surface area contributed by atoms with Crippen molar-refractivity contribution >= 4 is 20.5 Å². The molecule has 0 amide bonds. The van der Waals surface area contributed by atoms with Crippen molar-refractivity contribution in [2.45, 2.75) is 16.2 Å². The predicted octanol–water partition coefficient (Wildman–Crippen LogP) is 1.92. The summed E-state index contributed by atoms with van der Waals surface area (Å²) in [4.78, 5) is -0.293. The van der Waals surface area contributed by atoms with Crippen molar-refractivity contribution in [2.24, 2.45) is 0 Å². The first-order valence-electron chi connectivity index (χ1n) is 5.84. The maximum atomic E-state index is 11.9. The van der Waals surface area contributed by atoms with E-state index >= 15 is 0 Å². The molecule has 0 aliphatic carbocycles. The van der Waals surface area contributed by atoms with Crippen molar-refractivity contribution < 1.29 is 16.8 Å². The number of sulfone groups is 1. The smallest absolute Gasteiger partial charge is 0.222 e. The van der Waals surface area contributed by atoms with E-state index in [1.54, 1.807) is 12.1 Å². The van der Waals surface area contributed by atoms with Gasteiger partial charge in [-0.05, 0) is 23.6 Å². The molecule has 0 bridgehead atoms. The van der Waals surface area contributed by atoms with Crippen LogP contribution in [-0.4, -0.2) is 23.1 Å². The minimum atomic E-state index is -3.62. The summed E-state index contributed by atoms with van der Waals surface area (Å²) in [7, 11) is -6.21. The Bertz CT molecular complexity index is 783. The van der Waals surface area contributed by atoms with E-state index in [1.165, 1.54) is 6.07 Å². The Hall–Kier alpha value is -1.79. The average Bonchev–Trinajstić information content (AvgIpc) is 2.38. The van der Waals surface area contributed by atoms with Crippen molar-refractivity contribution in [2.75, 3.05) is 6.26 Å². The van der Waals surface area contributed by atoms with Gasteiger partial charge in [0.15, 0.2) is 9.84 Å². The summed E-state index contributed by atoms with van der Waals surface area (Å²) in [6.45, 7) is 0. The molecule has 0 aromatic heterocycles. The van der Waals surface area contributed by atoms with E-state index in [9.17, 15) is 16.8 Å². The Morgan fingerprint density at radius 1 is 0.950 bits per heavy atom. The van der Waals surface area contributed by atoms with Crippen molar-refractivity contribution in [1.29, 1.82) is 0 Å². The molecule has 0 unspecified atom stereocenters. The van der Waals surface area contributed by atoms with E-state index in [1.807, 2.05) is 30.3 Å². The van der Waals surface area contributed by atoms with Crippen LogP contribution in [0.25, 0.3) is 0 Å². The van der Waals surface area contributed by atoms with E-state index < -0.39 is 20.5 Å². The minimum absolute atomic E-state index is 0.114. The third-order valence-electron chi connectivity index (χ3n) is 2.85. The van der Waals surface area contributed by atoms with Gasteiger partial charge in [0.05, 0.1) is 4.90 Å². The van der Waals surface area contributed by atoms with Crippen molar-refractivity contribution in [1.82, 2.24) is 0 Å². The number of hydrogen-bond acceptors (Lipinski definition) is 4. The topological polar surface area (TPSA) is 68.3 Å². The molecular formula is C14H13O4S2. The number of benzene rings is 2. The van der Waals surface area contributed by atoms with Gasteiger partial charge in [-0.2, -0.15) is 8.42 Å². The van der Waals surface area contributed by atoms with Gasteiger partial charge in [0, 0.05) is 6.26 Å². The highest BCUT2D eigenvalue weighted by molar-refractivity contribution is 7.91. The molecule has 6 heteroatoms. The van der Waals surface area contributed by atoms with Gasteiger partial charge in [-0.3, -0.25) is 0 Å². The van der Waals surface area contributed by atoms with Crippen LogP contribution in [0.3, 0.4) is 0 Å². The highest BCUT2D eigenvalue weighted by Gasteiger charge is 2.20. The number of rotatable bonds is 4. The third kappa shape index (κ3) is 3.20. The first-order valence-corrected chi connectivity index (χ1v) is 8.81. The first-order chi connectivity index (χ1) is 9.39. The van der Waals surface area contributed by atoms with Crippen LogP contribution in [0, 0.1) is 0 Å². The summed E-state index contributed by atoms with van der Waals surface area (Å²) in [5, 5.41) is 0. The van der Waals surface area contributed by atoms with Crippen LogP contribution >= 0.6 is 0 Å². The van der Waals surface area contributed by atoms with E-state index in [0.29, 0.717) is 12.0 Å². The van der Waals surface area contributed by atoms with E-state index in [-0.39, 0.29) is 9.79 Å². The summed E-state index contributed by atoms with van der Waals surface area (Å²) in [5.41, 5.74) is 1.41. The first kappa shape index (κ1) is 14.6. The van der Waals surface area contributed by atoms with Gasteiger partial charge in [0.2, 0.25) is 10.7 Å². The molecular weight excluding hydrogens is 296 g/mol. The maximum absolute atomic E-state index is 11.9. The molecule has 2 aromatic carbocycles. The fourth-order valence-electron chi connectivity index (χ4n) is 2.07. The summed E-state index contributed by atoms with van der Waals surface area (Å²) in [6.07, 6.45) is 1.39. The van der Waals surface area contributed by atoms with Gasteiger partial charge >= 0.3 is 0 Å². The van der Waals surface area contributed by atoms with E-state index in [2.05, 4.69) is 0 Å². The molecule has 0 fully saturated rings. The van der Waals surface area contributed by atoms with Crippen LogP contribution in [0.2, 0.25) is 0 Å². The molecule has 0 N–H and O–H groups in total. The molecule has 0 atom stereocenters. The molecule has 4 nitrogen and oxygen atoms in total. The Morgan fingerprint density at radius 2 is 1.60 bits per heavy atom. The summed E-state index contributed by atoms with van der Waals surface area (Å²) < 4.78 is 46.2. The summed E-state index contributed by atoms with van der Waals surface area (Å²) >= 11 is 0. The lowest BCUT2D eigenvalue weighted by atomic mass is 10.1. The van der Waals surface area contributed by atoms with Gasteiger partial charge in [0.1, 0.15) is 4.90 Å². The van der Waals surface area contributed by atoms with Crippen molar-refractivity contribution in [3.63, 3.8) is 0 Å². The molecule has 0 saturated heterocycles. The molecule has 0 saturated carbocycles. The molecule has 0 aliphatic rings. The lowest BCUT2D eigenvalue weighted by Crippen LogP contribution is -2.07. The fourth-order valence-corrected chi connectivity index (χ4v) is 4.25. The van der Waals surface area contributed by atoms with Gasteiger partial charge < -0.3 is 0 Å². The van der Waals surface area contributed by atoms with E-state index in [4.69, 9.17) is 0 Å². The Labute approximate surface area is 120 Å². The molecule has 2 rings (SSSR count). The lowest BCUT2D eigenvalue weighted by Gasteiger charge is -2.09. The average molecular weight is 309 g/mol. The Kier molecular flexibility index (Phi) is 4.15. The normalized spacial score (nSPS) is 11.2. The van der Waals surface area contributed by atoms with Gasteiger partial charge in [-0.25, -0.2) is 8.42 Å². The molecule has 20 heavy (non-hydrogen) atoms. The minimum Gasteiger partial charge on any atom is -0.224 e. The second-order valence-electron chi connectivity index (χ2n) is 4.41. The van der Waals surface area contributed by atoms with Crippen LogP contribution in [0.1, 0.15) is 11.1 Å². The van der Waals surface area contributed by atoms with Gasteiger partial charge in [-0.15, -0.1) is 0 Å². The standard InChI is InChI=1S/C14H13O4S2/c1-20(17,18)14-12(8-5-9-13(14)19(15)16)10-11-6-3-2-4-7-11/h2-9H,10H2,1H3. The summed E-state index contributed by atoms with van der Waals surface area (Å²) in [6, 6.07) is 13.8. The third-order valence-corrected chi connectivity index (χ3v) is 4.90. The fraction of sp³-hybridized carbons (Fsp3) is 0.143.